The molecule has 1 heterocycles. The van der Waals surface area contributed by atoms with Gasteiger partial charge in [0.25, 0.3) is 5.91 Å². The number of nitriles is 1. The molecular formula is C18H17N3O2. The quantitative estimate of drug-likeness (QED) is 0.675. The summed E-state index contributed by atoms with van der Waals surface area (Å²) in [6.45, 7) is 1.72. The number of rotatable bonds is 3. The predicted octanol–water partition coefficient (Wildman–Crippen LogP) is 2.63. The van der Waals surface area contributed by atoms with Crippen LogP contribution in [-0.4, -0.2) is 17.7 Å². The smallest absolute Gasteiger partial charge is 0.274 e. The molecule has 0 radical (unpaired) electrons. The predicted molar refractivity (Wildman–Crippen MR) is 86.2 cm³/mol. The van der Waals surface area contributed by atoms with Gasteiger partial charge in [0.15, 0.2) is 0 Å². The SMILES string of the molecule is N#Cc1ccc2c(c1)CCCN2Cc1ccc(C(=O)NO)cc1. The van der Waals surface area contributed by atoms with E-state index in [1.165, 1.54) is 11.3 Å². The van der Waals surface area contributed by atoms with Crippen LogP contribution in [0.5, 0.6) is 0 Å². The van der Waals surface area contributed by atoms with Crippen LogP contribution in [0, 0.1) is 11.3 Å². The van der Waals surface area contributed by atoms with Gasteiger partial charge in [0.1, 0.15) is 0 Å². The molecule has 1 amide bonds. The lowest BCUT2D eigenvalue weighted by Crippen LogP contribution is -2.28. The first kappa shape index (κ1) is 15.1. The molecule has 3 rings (SSSR count). The van der Waals surface area contributed by atoms with Crippen molar-refractivity contribution in [3.8, 4) is 6.07 Å². The van der Waals surface area contributed by atoms with Crippen molar-refractivity contribution in [3.05, 3.63) is 64.7 Å². The van der Waals surface area contributed by atoms with E-state index in [-0.39, 0.29) is 0 Å². The molecule has 0 aromatic heterocycles. The van der Waals surface area contributed by atoms with E-state index < -0.39 is 5.91 Å². The zero-order chi connectivity index (χ0) is 16.2. The molecule has 23 heavy (non-hydrogen) atoms. The maximum Gasteiger partial charge on any atom is 0.274 e. The first-order valence-electron chi connectivity index (χ1n) is 7.52. The molecule has 5 heteroatoms. The molecule has 0 saturated heterocycles. The lowest BCUT2D eigenvalue weighted by atomic mass is 9.99. The summed E-state index contributed by atoms with van der Waals surface area (Å²) in [5.74, 6) is -0.510. The Morgan fingerprint density at radius 1 is 1.26 bits per heavy atom. The van der Waals surface area contributed by atoms with Gasteiger partial charge in [-0.3, -0.25) is 10.0 Å². The highest BCUT2D eigenvalue weighted by Crippen LogP contribution is 2.29. The third-order valence-electron chi connectivity index (χ3n) is 4.11. The molecular weight excluding hydrogens is 290 g/mol. The van der Waals surface area contributed by atoms with E-state index >= 15 is 0 Å². The van der Waals surface area contributed by atoms with E-state index in [0.29, 0.717) is 11.1 Å². The Bertz CT molecular complexity index is 763. The summed E-state index contributed by atoms with van der Waals surface area (Å²) < 4.78 is 0. The highest BCUT2D eigenvalue weighted by atomic mass is 16.5. The zero-order valence-corrected chi connectivity index (χ0v) is 12.6. The highest BCUT2D eigenvalue weighted by molar-refractivity contribution is 5.93. The summed E-state index contributed by atoms with van der Waals surface area (Å²) in [5.41, 5.74) is 6.24. The Balaban J connectivity index is 1.79. The van der Waals surface area contributed by atoms with Crippen LogP contribution in [0.3, 0.4) is 0 Å². The second-order valence-corrected chi connectivity index (χ2v) is 5.62. The van der Waals surface area contributed by atoms with Crippen molar-refractivity contribution in [1.82, 2.24) is 5.48 Å². The van der Waals surface area contributed by atoms with Gasteiger partial charge < -0.3 is 4.90 Å². The molecule has 2 aromatic carbocycles. The Morgan fingerprint density at radius 3 is 2.74 bits per heavy atom. The zero-order valence-electron chi connectivity index (χ0n) is 12.6. The van der Waals surface area contributed by atoms with Crippen LogP contribution >= 0.6 is 0 Å². The van der Waals surface area contributed by atoms with Gasteiger partial charge in [-0.25, -0.2) is 5.48 Å². The van der Waals surface area contributed by atoms with Crippen molar-refractivity contribution < 1.29 is 10.0 Å². The molecule has 0 unspecified atom stereocenters. The molecule has 5 nitrogen and oxygen atoms in total. The molecule has 0 spiro atoms. The molecule has 0 bridgehead atoms. The minimum Gasteiger partial charge on any atom is -0.367 e. The van der Waals surface area contributed by atoms with E-state index in [1.54, 1.807) is 17.6 Å². The number of nitrogens with zero attached hydrogens (tertiary/aromatic N) is 2. The average molecular weight is 307 g/mol. The van der Waals surface area contributed by atoms with Gasteiger partial charge in [0.2, 0.25) is 0 Å². The van der Waals surface area contributed by atoms with Crippen LogP contribution in [-0.2, 0) is 13.0 Å². The highest BCUT2D eigenvalue weighted by Gasteiger charge is 2.17. The maximum absolute atomic E-state index is 11.3. The molecule has 2 aromatic rings. The summed E-state index contributed by atoms with van der Waals surface area (Å²) in [6, 6.07) is 15.2. The first-order chi connectivity index (χ1) is 11.2. The number of aryl methyl sites for hydroxylation is 1. The van der Waals surface area contributed by atoms with Gasteiger partial charge in [-0.1, -0.05) is 12.1 Å². The number of amides is 1. The number of hydroxylamine groups is 1. The summed E-state index contributed by atoms with van der Waals surface area (Å²) in [5, 5.41) is 17.7. The van der Waals surface area contributed by atoms with Crippen molar-refractivity contribution in [3.63, 3.8) is 0 Å². The van der Waals surface area contributed by atoms with Crippen LogP contribution in [0.25, 0.3) is 0 Å². The number of fused-ring (bicyclic) bond motifs is 1. The van der Waals surface area contributed by atoms with Crippen molar-refractivity contribution >= 4 is 11.6 Å². The Labute approximate surface area is 134 Å². The molecule has 0 aliphatic carbocycles. The van der Waals surface area contributed by atoms with Crippen molar-refractivity contribution in [1.29, 1.82) is 5.26 Å². The molecule has 1 aliphatic heterocycles. The largest absolute Gasteiger partial charge is 0.367 e. The number of carbonyl (C=O) groups is 1. The van der Waals surface area contributed by atoms with E-state index in [4.69, 9.17) is 10.5 Å². The fourth-order valence-electron chi connectivity index (χ4n) is 2.96. The average Bonchev–Trinajstić information content (AvgIpc) is 2.61. The van der Waals surface area contributed by atoms with Gasteiger partial charge >= 0.3 is 0 Å². The molecule has 0 fully saturated rings. The second-order valence-electron chi connectivity index (χ2n) is 5.62. The second kappa shape index (κ2) is 6.51. The van der Waals surface area contributed by atoms with Crippen LogP contribution in [0.4, 0.5) is 5.69 Å². The van der Waals surface area contributed by atoms with Gasteiger partial charge in [-0.2, -0.15) is 5.26 Å². The van der Waals surface area contributed by atoms with Crippen LogP contribution < -0.4 is 10.4 Å². The Morgan fingerprint density at radius 2 is 2.04 bits per heavy atom. The van der Waals surface area contributed by atoms with E-state index in [0.717, 1.165) is 31.5 Å². The molecule has 1 aliphatic rings. The number of carbonyl (C=O) groups excluding carboxylic acids is 1. The first-order valence-corrected chi connectivity index (χ1v) is 7.52. The Kier molecular flexibility index (Phi) is 4.26. The standard InChI is InChI=1S/C18H17N3O2/c19-11-14-5-8-17-16(10-14)2-1-9-21(17)12-13-3-6-15(7-4-13)18(22)20-23/h3-8,10,23H,1-2,9,12H2,(H,20,22). The molecule has 0 atom stereocenters. The molecule has 2 N–H and O–H groups in total. The van der Waals surface area contributed by atoms with Crippen molar-refractivity contribution in [2.24, 2.45) is 0 Å². The Hall–Kier alpha value is -2.84. The molecule has 116 valence electrons. The maximum atomic E-state index is 11.3. The fraction of sp³-hybridized carbons (Fsp3) is 0.222. The summed E-state index contributed by atoms with van der Waals surface area (Å²) >= 11 is 0. The van der Waals surface area contributed by atoms with E-state index in [1.807, 2.05) is 30.3 Å². The lowest BCUT2D eigenvalue weighted by Gasteiger charge is -2.31. The van der Waals surface area contributed by atoms with Gasteiger partial charge in [-0.05, 0) is 54.3 Å². The minimum atomic E-state index is -0.510. The number of benzene rings is 2. The van der Waals surface area contributed by atoms with Crippen LogP contribution in [0.1, 0.15) is 33.5 Å². The van der Waals surface area contributed by atoms with E-state index in [2.05, 4.69) is 11.0 Å². The number of hydrogen-bond donors (Lipinski definition) is 2. The summed E-state index contributed by atoms with van der Waals surface area (Å²) in [7, 11) is 0. The van der Waals surface area contributed by atoms with Gasteiger partial charge in [0.05, 0.1) is 11.6 Å². The normalized spacial score (nSPS) is 13.1. The lowest BCUT2D eigenvalue weighted by molar-refractivity contribution is 0.0706. The third-order valence-corrected chi connectivity index (χ3v) is 4.11. The van der Waals surface area contributed by atoms with Crippen molar-refractivity contribution in [2.45, 2.75) is 19.4 Å². The number of hydrogen-bond acceptors (Lipinski definition) is 4. The third kappa shape index (κ3) is 3.17. The topological polar surface area (TPSA) is 76.4 Å². The molecule has 0 saturated carbocycles. The summed E-state index contributed by atoms with van der Waals surface area (Å²) in [6.07, 6.45) is 2.06. The van der Waals surface area contributed by atoms with E-state index in [9.17, 15) is 4.79 Å². The number of nitrogens with one attached hydrogen (secondary N) is 1. The van der Waals surface area contributed by atoms with Crippen LogP contribution in [0.15, 0.2) is 42.5 Å². The minimum absolute atomic E-state index is 0.425. The van der Waals surface area contributed by atoms with Gasteiger partial charge in [0, 0.05) is 24.3 Å². The number of anilines is 1. The van der Waals surface area contributed by atoms with Crippen LogP contribution in [0.2, 0.25) is 0 Å². The fourth-order valence-corrected chi connectivity index (χ4v) is 2.96. The summed E-state index contributed by atoms with van der Waals surface area (Å²) in [4.78, 5) is 13.6. The van der Waals surface area contributed by atoms with Crippen molar-refractivity contribution in [2.75, 3.05) is 11.4 Å². The van der Waals surface area contributed by atoms with Gasteiger partial charge in [-0.15, -0.1) is 0 Å². The monoisotopic (exact) mass is 307 g/mol.